The highest BCUT2D eigenvalue weighted by atomic mass is 35.5. The molecule has 0 atom stereocenters. The molecular weight excluding hydrogens is 675 g/mol. The van der Waals surface area contributed by atoms with Gasteiger partial charge in [0.05, 0.1) is 0 Å². The number of aryl methyl sites for hydroxylation is 2. The first-order valence-electron chi connectivity index (χ1n) is 17.2. The number of alkyl carbamates (subject to hydrolysis) is 1. The maximum atomic E-state index is 12.0. The van der Waals surface area contributed by atoms with E-state index < -0.39 is 11.7 Å². The molecule has 13 heteroatoms. The van der Waals surface area contributed by atoms with E-state index in [1.54, 1.807) is 12.4 Å². The largest absolute Gasteiger partial charge is 0.444 e. The van der Waals surface area contributed by atoms with Crippen molar-refractivity contribution in [3.63, 3.8) is 0 Å². The number of amides is 1. The van der Waals surface area contributed by atoms with Crippen LogP contribution in [0.4, 0.5) is 4.79 Å². The zero-order valence-electron chi connectivity index (χ0n) is 30.9. The first-order valence-corrected chi connectivity index (χ1v) is 15.2. The standard InChI is InChI=1S/C19H27N3O3.C14H19N3O.2CH4.3ClH/c1-19(2,3)25-18(24)22-11-5-4-6-15(23)8-7-14-9-12-20-17-16(14)10-13-21-17;15-8-2-1-3-12(18)5-4-11-6-9-16-14-13(11)7-10-17-14;;;;;/h9-10,12-13H,4-8,11H2,1-3H3,(H,20,21)(H,22,24);6-7,9-10H,1-5,8,15H2,(H,16,17);2*1H4;3*1H/i;;2*1D;;;. The van der Waals surface area contributed by atoms with Gasteiger partial charge in [0.1, 0.15) is 28.5 Å². The van der Waals surface area contributed by atoms with E-state index in [1.807, 2.05) is 57.4 Å². The van der Waals surface area contributed by atoms with Gasteiger partial charge in [-0.1, -0.05) is 14.8 Å². The van der Waals surface area contributed by atoms with Crippen LogP contribution in [0.1, 0.15) is 101 Å². The first-order chi connectivity index (χ1) is 22.7. The van der Waals surface area contributed by atoms with Gasteiger partial charge in [-0.15, -0.1) is 37.2 Å². The van der Waals surface area contributed by atoms with E-state index >= 15 is 0 Å². The number of ether oxygens (including phenoxy) is 1. The Morgan fingerprint density at radius 1 is 0.771 bits per heavy atom. The lowest BCUT2D eigenvalue weighted by Crippen LogP contribution is -2.33. The fourth-order valence-electron chi connectivity index (χ4n) is 4.69. The summed E-state index contributed by atoms with van der Waals surface area (Å²) in [6.45, 7) is 6.68. The Balaban J connectivity index is -0.000000787. The summed E-state index contributed by atoms with van der Waals surface area (Å²) in [6.07, 6.45) is 14.1. The minimum atomic E-state index is -0.488. The van der Waals surface area contributed by atoms with Crippen molar-refractivity contribution in [1.82, 2.24) is 25.3 Å². The van der Waals surface area contributed by atoms with Crippen LogP contribution in [0, 0.1) is 0 Å². The molecule has 0 aliphatic rings. The molecule has 0 radical (unpaired) electrons. The number of hydrogen-bond acceptors (Lipinski definition) is 7. The van der Waals surface area contributed by atoms with E-state index in [0.717, 1.165) is 66.2 Å². The van der Waals surface area contributed by atoms with Crippen LogP contribution >= 0.6 is 37.2 Å². The van der Waals surface area contributed by atoms with Crippen LogP contribution in [0.15, 0.2) is 49.1 Å². The average Bonchev–Trinajstić information content (AvgIpc) is 3.75. The van der Waals surface area contributed by atoms with Crippen molar-refractivity contribution in [2.45, 2.75) is 105 Å². The van der Waals surface area contributed by atoms with E-state index in [0.29, 0.717) is 44.6 Å². The smallest absolute Gasteiger partial charge is 0.407 e. The lowest BCUT2D eigenvalue weighted by molar-refractivity contribution is -0.119. The van der Waals surface area contributed by atoms with Gasteiger partial charge in [-0.25, -0.2) is 14.8 Å². The van der Waals surface area contributed by atoms with Crippen LogP contribution < -0.4 is 11.1 Å². The van der Waals surface area contributed by atoms with Gasteiger partial charge in [0.25, 0.3) is 0 Å². The number of H-pyrrole nitrogens is 2. The Morgan fingerprint density at radius 3 is 1.67 bits per heavy atom. The number of ketones is 2. The number of Topliss-reactive ketones (excluding diaryl/α,β-unsaturated/α-hetero) is 2. The summed E-state index contributed by atoms with van der Waals surface area (Å²) >= 11 is 0. The molecule has 4 heterocycles. The van der Waals surface area contributed by atoms with Gasteiger partial charge in [-0.05, 0) is 101 Å². The van der Waals surface area contributed by atoms with Crippen LogP contribution in [0.2, 0.25) is 0 Å². The molecule has 0 fully saturated rings. The molecule has 0 saturated heterocycles. The number of nitrogens with zero attached hydrogens (tertiary/aromatic N) is 2. The van der Waals surface area contributed by atoms with E-state index in [4.69, 9.17) is 13.2 Å². The third kappa shape index (κ3) is 17.8. The van der Waals surface area contributed by atoms with Crippen LogP contribution in [0.3, 0.4) is 0 Å². The Labute approximate surface area is 307 Å². The predicted octanol–water partition coefficient (Wildman–Crippen LogP) is 8.49. The third-order valence-electron chi connectivity index (χ3n) is 6.91. The Hall–Kier alpha value is -3.18. The van der Waals surface area contributed by atoms with E-state index in [9.17, 15) is 14.4 Å². The molecule has 0 unspecified atom stereocenters. The number of hydrogen-bond donors (Lipinski definition) is 4. The molecule has 0 aliphatic carbocycles. The molecule has 10 nitrogen and oxygen atoms in total. The van der Waals surface area contributed by atoms with Crippen LogP contribution in [0.25, 0.3) is 22.1 Å². The summed E-state index contributed by atoms with van der Waals surface area (Å²) < 4.78 is 16.7. The van der Waals surface area contributed by atoms with E-state index in [1.165, 1.54) is 20.4 Å². The molecule has 0 bridgehead atoms. The third-order valence-corrected chi connectivity index (χ3v) is 6.91. The predicted molar refractivity (Wildman–Crippen MR) is 205 cm³/mol. The number of nitrogens with two attached hydrogens (primary N) is 1. The van der Waals surface area contributed by atoms with E-state index in [2.05, 4.69) is 25.3 Å². The van der Waals surface area contributed by atoms with Gasteiger partial charge < -0.3 is 25.8 Å². The van der Waals surface area contributed by atoms with E-state index in [-0.39, 0.29) is 43.0 Å². The number of aromatic amines is 2. The molecule has 272 valence electrons. The second kappa shape index (κ2) is 25.8. The minimum absolute atomic E-state index is 0. The van der Waals surface area contributed by atoms with Crippen molar-refractivity contribution in [1.29, 1.82) is 0 Å². The molecule has 0 aromatic carbocycles. The van der Waals surface area contributed by atoms with Crippen molar-refractivity contribution in [2.75, 3.05) is 13.1 Å². The summed E-state index contributed by atoms with van der Waals surface area (Å²) in [4.78, 5) is 49.9. The average molecular weight is 734 g/mol. The summed E-state index contributed by atoms with van der Waals surface area (Å²) in [5, 5.41) is 4.90. The first kappa shape index (κ1) is 44.8. The highest BCUT2D eigenvalue weighted by Gasteiger charge is 2.15. The number of carbonyl (C=O) groups is 3. The van der Waals surface area contributed by atoms with Crippen LogP contribution in [-0.2, 0) is 27.2 Å². The molecule has 4 rings (SSSR count). The number of unbranched alkanes of at least 4 members (excludes halogenated alkanes) is 2. The monoisotopic (exact) mass is 732 g/mol. The Kier molecular flexibility index (Phi) is 24.1. The van der Waals surface area contributed by atoms with Gasteiger partial charge in [0, 0.05) is 70.5 Å². The van der Waals surface area contributed by atoms with Crippen molar-refractivity contribution in [3.05, 3.63) is 60.2 Å². The fraction of sp³-hybridized carbons (Fsp3) is 0.514. The van der Waals surface area contributed by atoms with Crippen molar-refractivity contribution in [3.8, 4) is 0 Å². The number of pyridine rings is 2. The van der Waals surface area contributed by atoms with Gasteiger partial charge >= 0.3 is 6.09 Å². The summed E-state index contributed by atoms with van der Waals surface area (Å²) in [5.74, 6) is 0.571. The molecule has 0 saturated carbocycles. The highest BCUT2D eigenvalue weighted by molar-refractivity contribution is 5.86. The van der Waals surface area contributed by atoms with Gasteiger partial charge in [-0.2, -0.15) is 0 Å². The summed E-state index contributed by atoms with van der Waals surface area (Å²) in [6, 6.07) is 7.96. The van der Waals surface area contributed by atoms with Gasteiger partial charge in [0.15, 0.2) is 0 Å². The SMILES string of the molecule is CC(C)(C)OC(=O)NCCCCC(=O)CCc1ccnc2[nH]ccc12.Cl.Cl.Cl.NCCCCC(=O)CCc1ccnc2[nH]ccc12.[2H]C.[2H]C. The van der Waals surface area contributed by atoms with Crippen LogP contribution in [-0.4, -0.2) is 56.3 Å². The fourth-order valence-corrected chi connectivity index (χ4v) is 4.69. The molecule has 48 heavy (non-hydrogen) atoms. The van der Waals surface area contributed by atoms with Crippen molar-refractivity contribution >= 4 is 76.9 Å². The highest BCUT2D eigenvalue weighted by Crippen LogP contribution is 2.18. The van der Waals surface area contributed by atoms with Crippen molar-refractivity contribution < 1.29 is 21.9 Å². The second-order valence-corrected chi connectivity index (χ2v) is 11.6. The number of halogens is 3. The molecular formula is C35H57Cl3N6O4. The zero-order valence-corrected chi connectivity index (χ0v) is 31.4. The second-order valence-electron chi connectivity index (χ2n) is 11.6. The van der Waals surface area contributed by atoms with Crippen LogP contribution in [0.5, 0.6) is 0 Å². The number of aromatic nitrogens is 4. The molecule has 0 spiro atoms. The molecule has 4 aromatic rings. The van der Waals surface area contributed by atoms with Gasteiger partial charge in [0.2, 0.25) is 0 Å². The summed E-state index contributed by atoms with van der Waals surface area (Å²) in [7, 11) is 2.50. The Morgan fingerprint density at radius 2 is 1.23 bits per heavy atom. The lowest BCUT2D eigenvalue weighted by atomic mass is 10.0. The quantitative estimate of drug-likeness (QED) is 0.0893. The zero-order chi connectivity index (χ0) is 35.1. The molecule has 4 aromatic heterocycles. The maximum Gasteiger partial charge on any atom is 0.407 e. The number of carbonyl (C=O) groups excluding carboxylic acids is 3. The maximum absolute atomic E-state index is 12.0. The molecule has 1 amide bonds. The number of fused-ring (bicyclic) bond motifs is 2. The Bertz CT molecular complexity index is 1480. The topological polar surface area (TPSA) is 156 Å². The molecule has 0 aliphatic heterocycles. The summed E-state index contributed by atoms with van der Waals surface area (Å²) in [5.41, 5.74) is 9.00. The minimum Gasteiger partial charge on any atom is -0.444 e. The van der Waals surface area contributed by atoms with Crippen molar-refractivity contribution in [2.24, 2.45) is 5.73 Å². The lowest BCUT2D eigenvalue weighted by Gasteiger charge is -2.19. The number of rotatable bonds is 15. The molecule has 5 N–H and O–H groups in total. The number of nitrogens with one attached hydrogen (secondary N) is 3. The van der Waals surface area contributed by atoms with Gasteiger partial charge in [-0.3, -0.25) is 9.59 Å². The normalized spacial score (nSPS) is 10.4.